The number of hydrogen-bond acceptors (Lipinski definition) is 4. The van der Waals surface area contributed by atoms with E-state index in [0.717, 1.165) is 19.5 Å². The number of hydrogen-bond donors (Lipinski definition) is 4. The Morgan fingerprint density at radius 3 is 2.61 bits per heavy atom. The van der Waals surface area contributed by atoms with Gasteiger partial charge >= 0.3 is 0 Å². The van der Waals surface area contributed by atoms with Crippen molar-refractivity contribution in [2.24, 2.45) is 4.99 Å². The third kappa shape index (κ3) is 8.67. The first-order valence-corrected chi connectivity index (χ1v) is 7.84. The number of rotatable bonds is 9. The summed E-state index contributed by atoms with van der Waals surface area (Å²) < 4.78 is 5.27. The van der Waals surface area contributed by atoms with Crippen molar-refractivity contribution in [3.8, 4) is 5.75 Å². The maximum atomic E-state index is 11.9. The number of phenols is 1. The van der Waals surface area contributed by atoms with Crippen LogP contribution in [0, 0.1) is 0 Å². The highest BCUT2D eigenvalue weighted by Crippen LogP contribution is 2.13. The number of carbonyl (C=O) groups excluding carboxylic acids is 1. The van der Waals surface area contributed by atoms with Gasteiger partial charge in [-0.2, -0.15) is 0 Å². The molecule has 0 bridgehead atoms. The molecule has 0 aliphatic carbocycles. The second-order valence-electron chi connectivity index (χ2n) is 4.77. The molecule has 7 heteroatoms. The normalized spacial score (nSPS) is 11.1. The van der Waals surface area contributed by atoms with Gasteiger partial charge in [-0.1, -0.05) is 0 Å². The molecule has 0 heterocycles. The molecule has 1 amide bonds. The molecule has 0 saturated carbocycles. The summed E-state index contributed by atoms with van der Waals surface area (Å²) in [7, 11) is 0. The van der Waals surface area contributed by atoms with Crippen molar-refractivity contribution >= 4 is 17.6 Å². The third-order valence-corrected chi connectivity index (χ3v) is 2.84. The van der Waals surface area contributed by atoms with Crippen LogP contribution in [0.15, 0.2) is 29.3 Å². The Morgan fingerprint density at radius 2 is 1.96 bits per heavy atom. The number of anilines is 1. The van der Waals surface area contributed by atoms with Gasteiger partial charge in [0.2, 0.25) is 5.91 Å². The largest absolute Gasteiger partial charge is 0.508 e. The van der Waals surface area contributed by atoms with E-state index < -0.39 is 0 Å². The van der Waals surface area contributed by atoms with Crippen molar-refractivity contribution in [3.63, 3.8) is 0 Å². The van der Waals surface area contributed by atoms with Gasteiger partial charge in [0.15, 0.2) is 5.96 Å². The van der Waals surface area contributed by atoms with Crippen LogP contribution < -0.4 is 16.0 Å². The van der Waals surface area contributed by atoms with E-state index in [1.807, 2.05) is 13.8 Å². The van der Waals surface area contributed by atoms with Gasteiger partial charge in [-0.3, -0.25) is 4.79 Å². The van der Waals surface area contributed by atoms with Gasteiger partial charge in [-0.15, -0.1) is 0 Å². The second-order valence-corrected chi connectivity index (χ2v) is 4.77. The van der Waals surface area contributed by atoms with E-state index >= 15 is 0 Å². The van der Waals surface area contributed by atoms with Crippen LogP contribution in [0.1, 0.15) is 20.3 Å². The number of nitrogens with one attached hydrogen (secondary N) is 3. The Kier molecular flexibility index (Phi) is 9.23. The predicted molar refractivity (Wildman–Crippen MR) is 91.8 cm³/mol. The Bertz CT molecular complexity index is 489. The third-order valence-electron chi connectivity index (χ3n) is 2.84. The highest BCUT2D eigenvalue weighted by molar-refractivity contribution is 5.94. The molecular formula is C16H26N4O3. The molecular weight excluding hydrogens is 296 g/mol. The lowest BCUT2D eigenvalue weighted by Crippen LogP contribution is -2.38. The van der Waals surface area contributed by atoms with Crippen molar-refractivity contribution in [2.75, 3.05) is 38.2 Å². The van der Waals surface area contributed by atoms with Crippen LogP contribution in [0.2, 0.25) is 0 Å². The Morgan fingerprint density at radius 1 is 1.22 bits per heavy atom. The average molecular weight is 322 g/mol. The van der Waals surface area contributed by atoms with Crippen molar-refractivity contribution in [3.05, 3.63) is 24.3 Å². The first-order valence-electron chi connectivity index (χ1n) is 7.84. The van der Waals surface area contributed by atoms with E-state index in [-0.39, 0.29) is 18.2 Å². The number of phenolic OH excluding ortho intramolecular Hbond substituents is 1. The second kappa shape index (κ2) is 11.3. The fourth-order valence-electron chi connectivity index (χ4n) is 1.76. The summed E-state index contributed by atoms with van der Waals surface area (Å²) in [6.45, 7) is 6.80. The van der Waals surface area contributed by atoms with Crippen molar-refractivity contribution in [1.29, 1.82) is 0 Å². The zero-order chi connectivity index (χ0) is 16.9. The SMILES string of the molecule is CCNC(=NCC(=O)Nc1ccc(O)cc1)NCCCOCC. The van der Waals surface area contributed by atoms with Crippen LogP contribution >= 0.6 is 0 Å². The number of guanidine groups is 1. The molecule has 0 saturated heterocycles. The fourth-order valence-corrected chi connectivity index (χ4v) is 1.76. The summed E-state index contributed by atoms with van der Waals surface area (Å²) in [4.78, 5) is 16.1. The first-order chi connectivity index (χ1) is 11.2. The van der Waals surface area contributed by atoms with Gasteiger partial charge in [-0.25, -0.2) is 4.99 Å². The number of benzene rings is 1. The summed E-state index contributed by atoms with van der Waals surface area (Å²) in [5, 5.41) is 18.2. The quantitative estimate of drug-likeness (QED) is 0.238. The van der Waals surface area contributed by atoms with E-state index in [9.17, 15) is 9.90 Å². The molecule has 128 valence electrons. The molecule has 1 aromatic carbocycles. The lowest BCUT2D eigenvalue weighted by Gasteiger charge is -2.11. The lowest BCUT2D eigenvalue weighted by atomic mass is 10.3. The maximum Gasteiger partial charge on any atom is 0.246 e. The molecule has 0 fully saturated rings. The zero-order valence-corrected chi connectivity index (χ0v) is 13.8. The highest BCUT2D eigenvalue weighted by Gasteiger charge is 2.03. The monoisotopic (exact) mass is 322 g/mol. The maximum absolute atomic E-state index is 11.9. The molecule has 7 nitrogen and oxygen atoms in total. The van der Waals surface area contributed by atoms with Crippen molar-refractivity contribution in [2.45, 2.75) is 20.3 Å². The van der Waals surface area contributed by atoms with Gasteiger partial charge in [0.25, 0.3) is 0 Å². The predicted octanol–water partition coefficient (Wildman–Crippen LogP) is 1.31. The molecule has 0 spiro atoms. The molecule has 23 heavy (non-hydrogen) atoms. The summed E-state index contributed by atoms with van der Waals surface area (Å²) in [6.07, 6.45) is 0.873. The van der Waals surface area contributed by atoms with Gasteiger partial charge in [-0.05, 0) is 44.5 Å². The van der Waals surface area contributed by atoms with E-state index in [0.29, 0.717) is 24.9 Å². The van der Waals surface area contributed by atoms with E-state index in [1.54, 1.807) is 12.1 Å². The molecule has 0 atom stereocenters. The Labute approximate surface area is 137 Å². The van der Waals surface area contributed by atoms with E-state index in [2.05, 4.69) is 20.9 Å². The number of aliphatic imine (C=N–C) groups is 1. The smallest absolute Gasteiger partial charge is 0.246 e. The summed E-state index contributed by atoms with van der Waals surface area (Å²) in [5.74, 6) is 0.541. The Balaban J connectivity index is 2.39. The summed E-state index contributed by atoms with van der Waals surface area (Å²) >= 11 is 0. The standard InChI is InChI=1S/C16H26N4O3/c1-3-17-16(18-10-5-11-23-4-2)19-12-15(22)20-13-6-8-14(21)9-7-13/h6-9,21H,3-5,10-12H2,1-2H3,(H,20,22)(H2,17,18,19). The van der Waals surface area contributed by atoms with E-state index in [4.69, 9.17) is 4.74 Å². The number of aromatic hydroxyl groups is 1. The number of carbonyl (C=O) groups is 1. The van der Waals surface area contributed by atoms with Crippen LogP contribution in [0.3, 0.4) is 0 Å². The fraction of sp³-hybridized carbons (Fsp3) is 0.500. The minimum Gasteiger partial charge on any atom is -0.508 e. The number of nitrogens with zero attached hydrogens (tertiary/aromatic N) is 1. The molecule has 4 N–H and O–H groups in total. The van der Waals surface area contributed by atoms with Gasteiger partial charge < -0.3 is 25.8 Å². The van der Waals surface area contributed by atoms with Crippen molar-refractivity contribution < 1.29 is 14.6 Å². The van der Waals surface area contributed by atoms with Gasteiger partial charge in [0.05, 0.1) is 0 Å². The zero-order valence-electron chi connectivity index (χ0n) is 13.8. The summed E-state index contributed by atoms with van der Waals surface area (Å²) in [6, 6.07) is 6.30. The minimum atomic E-state index is -0.220. The molecule has 0 aromatic heterocycles. The van der Waals surface area contributed by atoms with E-state index in [1.165, 1.54) is 12.1 Å². The lowest BCUT2D eigenvalue weighted by molar-refractivity contribution is -0.114. The number of ether oxygens (including phenoxy) is 1. The van der Waals surface area contributed by atoms with Gasteiger partial charge in [0, 0.05) is 32.0 Å². The highest BCUT2D eigenvalue weighted by atomic mass is 16.5. The van der Waals surface area contributed by atoms with Gasteiger partial charge in [0.1, 0.15) is 12.3 Å². The molecule has 0 aliphatic rings. The van der Waals surface area contributed by atoms with Crippen LogP contribution in [0.4, 0.5) is 5.69 Å². The molecule has 0 unspecified atom stereocenters. The minimum absolute atomic E-state index is 0.0155. The summed E-state index contributed by atoms with van der Waals surface area (Å²) in [5.41, 5.74) is 0.623. The molecule has 0 radical (unpaired) electrons. The molecule has 0 aliphatic heterocycles. The van der Waals surface area contributed by atoms with Crippen LogP contribution in [-0.2, 0) is 9.53 Å². The molecule has 1 rings (SSSR count). The number of amides is 1. The average Bonchev–Trinajstić information content (AvgIpc) is 2.54. The van der Waals surface area contributed by atoms with Crippen molar-refractivity contribution in [1.82, 2.24) is 10.6 Å². The molecule has 1 aromatic rings. The van der Waals surface area contributed by atoms with Crippen LogP contribution in [0.25, 0.3) is 0 Å². The van der Waals surface area contributed by atoms with Crippen LogP contribution in [-0.4, -0.2) is 49.8 Å². The topological polar surface area (TPSA) is 95.0 Å². The van der Waals surface area contributed by atoms with Crippen LogP contribution in [0.5, 0.6) is 5.75 Å². The first kappa shape index (κ1) is 18.8. The Hall–Kier alpha value is -2.28.